The van der Waals surface area contributed by atoms with Crippen LogP contribution < -0.4 is 9.47 Å². The van der Waals surface area contributed by atoms with E-state index < -0.39 is 5.97 Å². The van der Waals surface area contributed by atoms with Crippen molar-refractivity contribution in [2.45, 2.75) is 32.4 Å². The van der Waals surface area contributed by atoms with Crippen molar-refractivity contribution in [3.05, 3.63) is 39.3 Å². The van der Waals surface area contributed by atoms with Crippen molar-refractivity contribution >= 4 is 17.3 Å². The Bertz CT molecular complexity index is 774. The molecule has 6 nitrogen and oxygen atoms in total. The second kappa shape index (κ2) is 7.41. The Balaban J connectivity index is 1.96. The molecule has 1 unspecified atom stereocenters. The fraction of sp³-hybridized carbons (Fsp3) is 0.444. The lowest BCUT2D eigenvalue weighted by Crippen LogP contribution is -2.36. The smallest absolute Gasteiger partial charge is 0.305 e. The lowest BCUT2D eigenvalue weighted by molar-refractivity contribution is -0.138. The molecule has 1 atom stereocenters. The molecule has 0 aliphatic carbocycles. The number of nitrogens with zero attached hydrogens (tertiary/aromatic N) is 2. The lowest BCUT2D eigenvalue weighted by Gasteiger charge is -2.36. The molecule has 0 fully saturated rings. The van der Waals surface area contributed by atoms with Crippen LogP contribution in [0.4, 0.5) is 0 Å². The number of rotatable bonds is 6. The second-order valence-electron chi connectivity index (χ2n) is 6.10. The summed E-state index contributed by atoms with van der Waals surface area (Å²) in [5, 5.41) is 12.5. The molecule has 1 aliphatic heterocycles. The molecule has 0 spiro atoms. The molecule has 1 aromatic heterocycles. The maximum atomic E-state index is 11.5. The van der Waals surface area contributed by atoms with Crippen LogP contribution in [-0.4, -0.2) is 41.7 Å². The summed E-state index contributed by atoms with van der Waals surface area (Å²) < 4.78 is 10.8. The third kappa shape index (κ3) is 3.77. The van der Waals surface area contributed by atoms with Gasteiger partial charge in [0, 0.05) is 24.5 Å². The van der Waals surface area contributed by atoms with Gasteiger partial charge in [0.15, 0.2) is 11.5 Å². The zero-order valence-electron chi connectivity index (χ0n) is 14.6. The molecule has 0 radical (unpaired) electrons. The van der Waals surface area contributed by atoms with Gasteiger partial charge in [0.25, 0.3) is 0 Å². The first-order chi connectivity index (χ1) is 12.0. The van der Waals surface area contributed by atoms with E-state index in [1.807, 2.05) is 24.4 Å². The molecule has 1 aliphatic rings. The van der Waals surface area contributed by atoms with Crippen LogP contribution in [0.1, 0.15) is 34.3 Å². The quantitative estimate of drug-likeness (QED) is 0.852. The zero-order valence-corrected chi connectivity index (χ0v) is 15.4. The van der Waals surface area contributed by atoms with E-state index in [-0.39, 0.29) is 12.5 Å². The molecule has 7 heteroatoms. The van der Waals surface area contributed by atoms with Crippen LogP contribution >= 0.6 is 11.3 Å². The average Bonchev–Trinajstić information content (AvgIpc) is 3.00. The van der Waals surface area contributed by atoms with Crippen molar-refractivity contribution in [2.75, 3.05) is 20.8 Å². The van der Waals surface area contributed by atoms with Crippen LogP contribution in [0.3, 0.4) is 0 Å². The van der Waals surface area contributed by atoms with Crippen LogP contribution in [0, 0.1) is 6.92 Å². The van der Waals surface area contributed by atoms with Crippen molar-refractivity contribution in [3.8, 4) is 11.5 Å². The summed E-state index contributed by atoms with van der Waals surface area (Å²) in [6.45, 7) is 3.42. The van der Waals surface area contributed by atoms with Crippen LogP contribution in [0.15, 0.2) is 17.5 Å². The van der Waals surface area contributed by atoms with Gasteiger partial charge in [-0.15, -0.1) is 11.3 Å². The molecule has 0 bridgehead atoms. The average molecular weight is 362 g/mol. The minimum absolute atomic E-state index is 0.0472. The van der Waals surface area contributed by atoms with E-state index in [9.17, 15) is 9.90 Å². The molecule has 1 N–H and O–H groups in total. The summed E-state index contributed by atoms with van der Waals surface area (Å²) in [4.78, 5) is 18.2. The molecular weight excluding hydrogens is 340 g/mol. The van der Waals surface area contributed by atoms with Crippen LogP contribution in [0.5, 0.6) is 11.5 Å². The van der Waals surface area contributed by atoms with Gasteiger partial charge in [-0.05, 0) is 36.6 Å². The fourth-order valence-corrected chi connectivity index (χ4v) is 3.97. The standard InChI is InChI=1S/C18H22N2O4S/c1-11-19-13(10-25-11)9-20-5-4-12-6-16(23-2)17(24-3)7-14(12)15(20)8-18(21)22/h6-7,10,15H,4-5,8-9H2,1-3H3,(H,21,22). The largest absolute Gasteiger partial charge is 0.493 e. The van der Waals surface area contributed by atoms with Crippen LogP contribution in [0.25, 0.3) is 0 Å². The Labute approximate surface area is 151 Å². The molecule has 0 saturated heterocycles. The van der Waals surface area contributed by atoms with Gasteiger partial charge in [0.05, 0.1) is 31.3 Å². The molecule has 2 heterocycles. The number of benzene rings is 1. The minimum atomic E-state index is -0.813. The summed E-state index contributed by atoms with van der Waals surface area (Å²) in [5.41, 5.74) is 3.11. The number of carboxylic acids is 1. The van der Waals surface area contributed by atoms with Crippen LogP contribution in [-0.2, 0) is 17.8 Å². The molecule has 25 heavy (non-hydrogen) atoms. The van der Waals surface area contributed by atoms with Gasteiger partial charge in [-0.1, -0.05) is 0 Å². The van der Waals surface area contributed by atoms with Crippen molar-refractivity contribution in [2.24, 2.45) is 0 Å². The Kier molecular flexibility index (Phi) is 5.24. The number of hydrogen-bond donors (Lipinski definition) is 1. The fourth-order valence-electron chi connectivity index (χ4n) is 3.36. The molecule has 134 valence electrons. The highest BCUT2D eigenvalue weighted by Gasteiger charge is 2.31. The van der Waals surface area contributed by atoms with E-state index in [0.29, 0.717) is 18.0 Å². The summed E-state index contributed by atoms with van der Waals surface area (Å²) in [7, 11) is 3.20. The first kappa shape index (κ1) is 17.7. The highest BCUT2D eigenvalue weighted by atomic mass is 32.1. The van der Waals surface area contributed by atoms with Gasteiger partial charge in [-0.3, -0.25) is 9.69 Å². The van der Waals surface area contributed by atoms with Crippen molar-refractivity contribution in [3.63, 3.8) is 0 Å². The maximum absolute atomic E-state index is 11.5. The van der Waals surface area contributed by atoms with E-state index in [0.717, 1.165) is 34.8 Å². The topological polar surface area (TPSA) is 71.9 Å². The van der Waals surface area contributed by atoms with E-state index >= 15 is 0 Å². The molecular formula is C18H22N2O4S. The van der Waals surface area contributed by atoms with Gasteiger partial charge in [0.1, 0.15) is 0 Å². The van der Waals surface area contributed by atoms with Gasteiger partial charge in [0.2, 0.25) is 0 Å². The van der Waals surface area contributed by atoms with Crippen molar-refractivity contribution < 1.29 is 19.4 Å². The molecule has 2 aromatic rings. The Morgan fingerprint density at radius 1 is 1.36 bits per heavy atom. The molecule has 3 rings (SSSR count). The predicted molar refractivity (Wildman–Crippen MR) is 95.5 cm³/mol. The highest BCUT2D eigenvalue weighted by Crippen LogP contribution is 2.40. The second-order valence-corrected chi connectivity index (χ2v) is 7.16. The first-order valence-corrected chi connectivity index (χ1v) is 9.01. The highest BCUT2D eigenvalue weighted by molar-refractivity contribution is 7.09. The number of hydrogen-bond acceptors (Lipinski definition) is 6. The normalized spacial score (nSPS) is 17.2. The molecule has 0 saturated carbocycles. The number of carboxylic acid groups (broad SMARTS) is 1. The van der Waals surface area contributed by atoms with Gasteiger partial charge < -0.3 is 14.6 Å². The summed E-state index contributed by atoms with van der Waals surface area (Å²) in [6.07, 6.45) is 0.889. The monoisotopic (exact) mass is 362 g/mol. The number of carbonyl (C=O) groups is 1. The Morgan fingerprint density at radius 3 is 2.68 bits per heavy atom. The number of aliphatic carboxylic acids is 1. The Hall–Kier alpha value is -2.12. The summed E-state index contributed by atoms with van der Waals surface area (Å²) in [5.74, 6) is 0.494. The summed E-state index contributed by atoms with van der Waals surface area (Å²) >= 11 is 1.61. The zero-order chi connectivity index (χ0) is 18.0. The number of ether oxygens (including phenoxy) is 2. The molecule has 0 amide bonds. The van der Waals surface area contributed by atoms with E-state index in [2.05, 4.69) is 9.88 Å². The SMILES string of the molecule is COc1cc2c(cc1OC)C(CC(=O)O)N(Cc1csc(C)n1)CC2. The number of aromatic nitrogens is 1. The number of aryl methyl sites for hydroxylation is 1. The Morgan fingerprint density at radius 2 is 2.08 bits per heavy atom. The van der Waals surface area contributed by atoms with Gasteiger partial charge in [-0.2, -0.15) is 0 Å². The third-order valence-corrected chi connectivity index (χ3v) is 5.34. The first-order valence-electron chi connectivity index (χ1n) is 8.13. The predicted octanol–water partition coefficient (Wildman–Crippen LogP) is 3.04. The number of thiazole rings is 1. The van der Waals surface area contributed by atoms with Crippen molar-refractivity contribution in [1.29, 1.82) is 0 Å². The number of methoxy groups -OCH3 is 2. The maximum Gasteiger partial charge on any atom is 0.305 e. The van der Waals surface area contributed by atoms with E-state index in [1.165, 1.54) is 0 Å². The van der Waals surface area contributed by atoms with Crippen molar-refractivity contribution in [1.82, 2.24) is 9.88 Å². The number of fused-ring (bicyclic) bond motifs is 1. The van der Waals surface area contributed by atoms with E-state index in [1.54, 1.807) is 25.6 Å². The lowest BCUT2D eigenvalue weighted by atomic mass is 9.90. The minimum Gasteiger partial charge on any atom is -0.493 e. The third-order valence-electron chi connectivity index (χ3n) is 4.51. The van der Waals surface area contributed by atoms with Gasteiger partial charge >= 0.3 is 5.97 Å². The van der Waals surface area contributed by atoms with Gasteiger partial charge in [-0.25, -0.2) is 4.98 Å². The summed E-state index contributed by atoms with van der Waals surface area (Å²) in [6, 6.07) is 3.68. The van der Waals surface area contributed by atoms with E-state index in [4.69, 9.17) is 9.47 Å². The molecule has 1 aromatic carbocycles. The van der Waals surface area contributed by atoms with Crippen LogP contribution in [0.2, 0.25) is 0 Å².